The number of methoxy groups -OCH3 is 1. The summed E-state index contributed by atoms with van der Waals surface area (Å²) in [6.45, 7) is 0.416. The third-order valence-corrected chi connectivity index (χ3v) is 3.15. The van der Waals surface area contributed by atoms with Gasteiger partial charge in [0.05, 0.1) is 13.7 Å². The average molecular weight is 345 g/mol. The van der Waals surface area contributed by atoms with Gasteiger partial charge in [-0.25, -0.2) is 4.79 Å². The number of ether oxygens (including phenoxy) is 2. The van der Waals surface area contributed by atoms with Crippen LogP contribution in [0.4, 0.5) is 10.5 Å². The van der Waals surface area contributed by atoms with E-state index in [2.05, 4.69) is 22.5 Å². The number of urea groups is 1. The lowest BCUT2D eigenvalue weighted by molar-refractivity contribution is 0.253. The Morgan fingerprint density at radius 3 is 2.67 bits per heavy atom. The number of rotatable bonds is 5. The van der Waals surface area contributed by atoms with E-state index in [4.69, 9.17) is 21.1 Å². The van der Waals surface area contributed by atoms with E-state index in [1.807, 2.05) is 18.2 Å². The fraction of sp³-hybridized carbons (Fsp3) is 0.167. The minimum absolute atomic E-state index is 0.206. The molecule has 0 spiro atoms. The maximum Gasteiger partial charge on any atom is 0.319 e. The molecule has 0 saturated carbocycles. The fourth-order valence-electron chi connectivity index (χ4n) is 1.83. The van der Waals surface area contributed by atoms with E-state index in [-0.39, 0.29) is 19.2 Å². The molecule has 0 aliphatic rings. The summed E-state index contributed by atoms with van der Waals surface area (Å²) >= 11 is 5.85. The first-order valence-corrected chi connectivity index (χ1v) is 7.59. The number of nitrogens with one attached hydrogen (secondary N) is 2. The van der Waals surface area contributed by atoms with E-state index in [1.54, 1.807) is 37.4 Å². The van der Waals surface area contributed by atoms with Crippen LogP contribution in [-0.4, -0.2) is 26.3 Å². The molecule has 0 bridgehead atoms. The van der Waals surface area contributed by atoms with Gasteiger partial charge in [-0.05, 0) is 30.3 Å². The van der Waals surface area contributed by atoms with Crippen molar-refractivity contribution in [3.8, 4) is 23.3 Å². The van der Waals surface area contributed by atoms with Crippen molar-refractivity contribution in [2.75, 3.05) is 25.6 Å². The minimum atomic E-state index is -0.350. The molecule has 0 unspecified atom stereocenters. The number of amides is 2. The first kappa shape index (κ1) is 17.5. The predicted molar refractivity (Wildman–Crippen MR) is 94.7 cm³/mol. The molecule has 2 N–H and O–H groups in total. The van der Waals surface area contributed by atoms with Crippen LogP contribution in [0.3, 0.4) is 0 Å². The van der Waals surface area contributed by atoms with Crippen molar-refractivity contribution >= 4 is 23.3 Å². The smallest absolute Gasteiger partial charge is 0.319 e. The Balaban J connectivity index is 1.71. The van der Waals surface area contributed by atoms with Gasteiger partial charge in [0.25, 0.3) is 0 Å². The van der Waals surface area contributed by atoms with Gasteiger partial charge in [0, 0.05) is 10.7 Å². The minimum Gasteiger partial charge on any atom is -0.493 e. The van der Waals surface area contributed by atoms with Gasteiger partial charge in [-0.2, -0.15) is 0 Å². The summed E-state index contributed by atoms with van der Waals surface area (Å²) in [6.07, 6.45) is 0. The Morgan fingerprint density at radius 2 is 1.92 bits per heavy atom. The first-order chi connectivity index (χ1) is 11.7. The van der Waals surface area contributed by atoms with Crippen molar-refractivity contribution < 1.29 is 14.3 Å². The van der Waals surface area contributed by atoms with E-state index >= 15 is 0 Å². The van der Waals surface area contributed by atoms with Crippen LogP contribution in [-0.2, 0) is 0 Å². The van der Waals surface area contributed by atoms with Gasteiger partial charge >= 0.3 is 6.03 Å². The van der Waals surface area contributed by atoms with Crippen LogP contribution in [0.1, 0.15) is 0 Å². The number of hydrogen-bond acceptors (Lipinski definition) is 3. The number of hydrogen-bond donors (Lipinski definition) is 2. The van der Waals surface area contributed by atoms with Crippen LogP contribution in [0.25, 0.3) is 0 Å². The fourth-order valence-corrected chi connectivity index (χ4v) is 2.02. The highest BCUT2D eigenvalue weighted by Gasteiger charge is 2.01. The Morgan fingerprint density at radius 1 is 1.12 bits per heavy atom. The maximum atomic E-state index is 11.7. The number of halogens is 1. The summed E-state index contributed by atoms with van der Waals surface area (Å²) in [6, 6.07) is 13.9. The SMILES string of the molecule is COc1ccccc1OCC#CCNC(=O)Nc1cccc(Cl)c1. The van der Waals surface area contributed by atoms with Gasteiger partial charge in [0.15, 0.2) is 11.5 Å². The van der Waals surface area contributed by atoms with Crippen LogP contribution >= 0.6 is 11.6 Å². The Labute approximate surface area is 145 Å². The molecular weight excluding hydrogens is 328 g/mol. The highest BCUT2D eigenvalue weighted by atomic mass is 35.5. The largest absolute Gasteiger partial charge is 0.493 e. The summed E-state index contributed by atoms with van der Waals surface area (Å²) in [5, 5.41) is 5.85. The lowest BCUT2D eigenvalue weighted by Crippen LogP contribution is -2.28. The van der Waals surface area contributed by atoms with Gasteiger partial charge in [-0.15, -0.1) is 0 Å². The van der Waals surface area contributed by atoms with Crippen LogP contribution in [0, 0.1) is 11.8 Å². The summed E-state index contributed by atoms with van der Waals surface area (Å²) in [4.78, 5) is 11.7. The molecule has 2 rings (SSSR count). The molecule has 124 valence electrons. The highest BCUT2D eigenvalue weighted by Crippen LogP contribution is 2.25. The van der Waals surface area contributed by atoms with E-state index in [1.165, 1.54) is 0 Å². The number of anilines is 1. The molecule has 0 saturated heterocycles. The normalized spacial score (nSPS) is 9.42. The summed E-state index contributed by atoms with van der Waals surface area (Å²) in [5.41, 5.74) is 0.618. The topological polar surface area (TPSA) is 59.6 Å². The monoisotopic (exact) mass is 344 g/mol. The summed E-state index contributed by atoms with van der Waals surface area (Å²) in [5.74, 6) is 6.91. The molecule has 0 radical (unpaired) electrons. The summed E-state index contributed by atoms with van der Waals surface area (Å²) < 4.78 is 10.7. The van der Waals surface area contributed by atoms with Crippen LogP contribution < -0.4 is 20.1 Å². The zero-order chi connectivity index (χ0) is 17.2. The van der Waals surface area contributed by atoms with Crippen LogP contribution in [0.5, 0.6) is 11.5 Å². The third-order valence-electron chi connectivity index (χ3n) is 2.91. The van der Waals surface area contributed by atoms with Gasteiger partial charge in [-0.1, -0.05) is 41.6 Å². The number of carbonyl (C=O) groups excluding carboxylic acids is 1. The average Bonchev–Trinajstić information content (AvgIpc) is 2.58. The van der Waals surface area contributed by atoms with Gasteiger partial charge < -0.3 is 20.1 Å². The molecule has 0 fully saturated rings. The highest BCUT2D eigenvalue weighted by molar-refractivity contribution is 6.30. The van der Waals surface area contributed by atoms with E-state index in [0.29, 0.717) is 22.2 Å². The second kappa shape index (κ2) is 9.33. The van der Waals surface area contributed by atoms with Gasteiger partial charge in [0.1, 0.15) is 6.61 Å². The zero-order valence-corrected chi connectivity index (χ0v) is 13.9. The Bertz CT molecular complexity index is 753. The quantitative estimate of drug-likeness (QED) is 0.815. The molecule has 2 amide bonds. The molecule has 0 aromatic heterocycles. The second-order valence-electron chi connectivity index (χ2n) is 4.61. The van der Waals surface area contributed by atoms with Crippen LogP contribution in [0.15, 0.2) is 48.5 Å². The van der Waals surface area contributed by atoms with Crippen molar-refractivity contribution in [3.63, 3.8) is 0 Å². The molecule has 6 heteroatoms. The lowest BCUT2D eigenvalue weighted by atomic mass is 10.3. The zero-order valence-electron chi connectivity index (χ0n) is 13.1. The molecule has 0 atom stereocenters. The first-order valence-electron chi connectivity index (χ1n) is 7.21. The molecule has 24 heavy (non-hydrogen) atoms. The van der Waals surface area contributed by atoms with E-state index in [0.717, 1.165) is 0 Å². The lowest BCUT2D eigenvalue weighted by Gasteiger charge is -2.07. The molecular formula is C18H17ClN2O3. The standard InChI is InChI=1S/C18H17ClN2O3/c1-23-16-9-2-3-10-17(16)24-12-5-4-11-20-18(22)21-15-8-6-7-14(19)13-15/h2-3,6-10,13H,11-12H2,1H3,(H2,20,21,22). The molecule has 5 nitrogen and oxygen atoms in total. The Kier molecular flexibility index (Phi) is 6.81. The van der Waals surface area contributed by atoms with E-state index < -0.39 is 0 Å². The van der Waals surface area contributed by atoms with Crippen LogP contribution in [0.2, 0.25) is 5.02 Å². The van der Waals surface area contributed by atoms with Gasteiger partial charge in [-0.3, -0.25) is 0 Å². The molecule has 2 aromatic rings. The number of benzene rings is 2. The second-order valence-corrected chi connectivity index (χ2v) is 5.05. The van der Waals surface area contributed by atoms with Crippen molar-refractivity contribution in [2.45, 2.75) is 0 Å². The van der Waals surface area contributed by atoms with Crippen molar-refractivity contribution in [1.82, 2.24) is 5.32 Å². The summed E-state index contributed by atoms with van der Waals surface area (Å²) in [7, 11) is 1.58. The third kappa shape index (κ3) is 5.75. The molecule has 0 heterocycles. The maximum absolute atomic E-state index is 11.7. The number of carbonyl (C=O) groups is 1. The molecule has 2 aromatic carbocycles. The van der Waals surface area contributed by atoms with E-state index in [9.17, 15) is 4.79 Å². The molecule has 0 aliphatic heterocycles. The Hall–Kier alpha value is -2.84. The van der Waals surface area contributed by atoms with Gasteiger partial charge in [0.2, 0.25) is 0 Å². The predicted octanol–water partition coefficient (Wildman–Crippen LogP) is 3.55. The van der Waals surface area contributed by atoms with Crippen molar-refractivity contribution in [3.05, 3.63) is 53.6 Å². The van der Waals surface area contributed by atoms with Crippen molar-refractivity contribution in [1.29, 1.82) is 0 Å². The molecule has 0 aliphatic carbocycles. The number of para-hydroxylation sites is 2. The van der Waals surface area contributed by atoms with Crippen molar-refractivity contribution in [2.24, 2.45) is 0 Å².